The fourth-order valence-corrected chi connectivity index (χ4v) is 3.42. The van der Waals surface area contributed by atoms with Crippen molar-refractivity contribution in [3.63, 3.8) is 0 Å². The van der Waals surface area contributed by atoms with Crippen LogP contribution in [-0.2, 0) is 15.5 Å². The van der Waals surface area contributed by atoms with Crippen molar-refractivity contribution in [3.8, 4) is 0 Å². The van der Waals surface area contributed by atoms with Crippen LogP contribution in [0.5, 0.6) is 0 Å². The van der Waals surface area contributed by atoms with Crippen LogP contribution in [-0.4, -0.2) is 49.1 Å². The first kappa shape index (κ1) is 15.9. The van der Waals surface area contributed by atoms with Crippen molar-refractivity contribution >= 4 is 16.9 Å². The maximum absolute atomic E-state index is 12.3. The first-order chi connectivity index (χ1) is 9.87. The summed E-state index contributed by atoms with van der Waals surface area (Å²) in [6.07, 6.45) is 4.53. The Morgan fingerprint density at radius 2 is 2.10 bits per heavy atom. The number of rotatable bonds is 3. The topological polar surface area (TPSA) is 72.4 Å². The second kappa shape index (κ2) is 6.51. The van der Waals surface area contributed by atoms with Crippen molar-refractivity contribution in [3.05, 3.63) is 18.5 Å². The third kappa shape index (κ3) is 4.49. The highest BCUT2D eigenvalue weighted by atomic mass is 32.2. The van der Waals surface area contributed by atoms with Crippen LogP contribution in [0.4, 0.5) is 4.79 Å². The molecule has 1 aliphatic rings. The van der Waals surface area contributed by atoms with Crippen LogP contribution < -0.4 is 0 Å². The minimum Gasteiger partial charge on any atom is -0.444 e. The molecule has 0 bridgehead atoms. The summed E-state index contributed by atoms with van der Waals surface area (Å²) >= 11 is 0. The van der Waals surface area contributed by atoms with Crippen molar-refractivity contribution in [1.82, 2.24) is 14.9 Å². The lowest BCUT2D eigenvalue weighted by Crippen LogP contribution is -2.42. The molecule has 1 saturated heterocycles. The number of hydrogen-bond donors (Lipinski definition) is 0. The average Bonchev–Trinajstić information content (AvgIpc) is 2.86. The minimum absolute atomic E-state index is 0.0792. The fourth-order valence-electron chi connectivity index (χ4n) is 2.22. The SMILES string of the molecule is CC(C)(C)OC(=O)N1CCC[C@H]1C[S@](=O)c1ncccn1. The van der Waals surface area contributed by atoms with Gasteiger partial charge < -0.3 is 9.64 Å². The van der Waals surface area contributed by atoms with E-state index in [0.29, 0.717) is 17.5 Å². The van der Waals surface area contributed by atoms with Crippen molar-refractivity contribution in [2.24, 2.45) is 0 Å². The first-order valence-electron chi connectivity index (χ1n) is 7.02. The smallest absolute Gasteiger partial charge is 0.410 e. The summed E-state index contributed by atoms with van der Waals surface area (Å²) in [5.74, 6) is 0.350. The number of carbonyl (C=O) groups excluding carboxylic acids is 1. The van der Waals surface area contributed by atoms with Gasteiger partial charge in [0.25, 0.3) is 0 Å². The lowest BCUT2D eigenvalue weighted by atomic mass is 10.2. The molecule has 0 saturated carbocycles. The quantitative estimate of drug-likeness (QED) is 0.798. The summed E-state index contributed by atoms with van der Waals surface area (Å²) in [4.78, 5) is 21.8. The molecule has 2 heterocycles. The van der Waals surface area contributed by atoms with Crippen LogP contribution in [0.1, 0.15) is 33.6 Å². The van der Waals surface area contributed by atoms with E-state index < -0.39 is 16.4 Å². The second-order valence-corrected chi connectivity index (χ2v) is 7.40. The van der Waals surface area contributed by atoms with Gasteiger partial charge in [0.1, 0.15) is 5.60 Å². The summed E-state index contributed by atoms with van der Waals surface area (Å²) in [7, 11) is -1.31. The number of amides is 1. The highest BCUT2D eigenvalue weighted by molar-refractivity contribution is 7.84. The Bertz CT molecular complexity index is 516. The van der Waals surface area contributed by atoms with Crippen LogP contribution in [0.3, 0.4) is 0 Å². The molecule has 1 aromatic rings. The molecular formula is C14H21N3O3S. The van der Waals surface area contributed by atoms with Gasteiger partial charge in [0, 0.05) is 25.0 Å². The second-order valence-electron chi connectivity index (χ2n) is 6.01. The lowest BCUT2D eigenvalue weighted by Gasteiger charge is -2.28. The highest BCUT2D eigenvalue weighted by Gasteiger charge is 2.33. The van der Waals surface area contributed by atoms with E-state index in [2.05, 4.69) is 9.97 Å². The van der Waals surface area contributed by atoms with E-state index in [1.807, 2.05) is 20.8 Å². The molecule has 7 heteroatoms. The lowest BCUT2D eigenvalue weighted by molar-refractivity contribution is 0.0241. The van der Waals surface area contributed by atoms with Crippen LogP contribution in [0.2, 0.25) is 0 Å². The standard InChI is InChI=1S/C14H21N3O3S/c1-14(2,3)20-13(18)17-9-4-6-11(17)10-21(19)12-15-7-5-8-16-12/h5,7-8,11H,4,6,9-10H2,1-3H3/t11-,21-/m0/s1. The zero-order valence-corrected chi connectivity index (χ0v) is 13.4. The van der Waals surface area contributed by atoms with Crippen LogP contribution in [0.15, 0.2) is 23.6 Å². The van der Waals surface area contributed by atoms with E-state index in [-0.39, 0.29) is 12.1 Å². The van der Waals surface area contributed by atoms with Gasteiger partial charge in [-0.25, -0.2) is 14.8 Å². The zero-order valence-electron chi connectivity index (χ0n) is 12.6. The molecule has 0 radical (unpaired) electrons. The summed E-state index contributed by atoms with van der Waals surface area (Å²) < 4.78 is 17.7. The van der Waals surface area contributed by atoms with E-state index in [1.54, 1.807) is 23.4 Å². The van der Waals surface area contributed by atoms with Gasteiger partial charge in [-0.05, 0) is 39.7 Å². The predicted octanol–water partition coefficient (Wildman–Crippen LogP) is 1.98. The van der Waals surface area contributed by atoms with Gasteiger partial charge in [-0.15, -0.1) is 0 Å². The van der Waals surface area contributed by atoms with Gasteiger partial charge in [-0.3, -0.25) is 4.21 Å². The Balaban J connectivity index is 1.99. The number of ether oxygens (including phenoxy) is 1. The molecule has 0 aliphatic carbocycles. The molecule has 21 heavy (non-hydrogen) atoms. The Labute approximate surface area is 127 Å². The molecule has 2 rings (SSSR count). The Morgan fingerprint density at radius 3 is 2.71 bits per heavy atom. The fraction of sp³-hybridized carbons (Fsp3) is 0.643. The first-order valence-corrected chi connectivity index (χ1v) is 8.34. The van der Waals surface area contributed by atoms with Crippen LogP contribution >= 0.6 is 0 Å². The van der Waals surface area contributed by atoms with Gasteiger partial charge in [-0.1, -0.05) is 0 Å². The molecule has 116 valence electrons. The normalized spacial score (nSPS) is 20.3. The summed E-state index contributed by atoms with van der Waals surface area (Å²) in [5.41, 5.74) is -0.522. The zero-order chi connectivity index (χ0) is 15.5. The average molecular weight is 311 g/mol. The van der Waals surface area contributed by atoms with Gasteiger partial charge in [0.05, 0.1) is 16.6 Å². The van der Waals surface area contributed by atoms with Crippen LogP contribution in [0.25, 0.3) is 0 Å². The molecule has 1 aliphatic heterocycles. The number of aromatic nitrogens is 2. The molecule has 1 fully saturated rings. The summed E-state index contributed by atoms with van der Waals surface area (Å²) in [6, 6.07) is 1.60. The maximum Gasteiger partial charge on any atom is 0.410 e. The molecule has 2 atom stereocenters. The van der Waals surface area contributed by atoms with Gasteiger partial charge in [-0.2, -0.15) is 0 Å². The highest BCUT2D eigenvalue weighted by Crippen LogP contribution is 2.22. The van der Waals surface area contributed by atoms with E-state index >= 15 is 0 Å². The number of hydrogen-bond acceptors (Lipinski definition) is 5. The van der Waals surface area contributed by atoms with E-state index in [1.165, 1.54) is 0 Å². The number of likely N-dealkylation sites (tertiary alicyclic amines) is 1. The largest absolute Gasteiger partial charge is 0.444 e. The van der Waals surface area contributed by atoms with Gasteiger partial charge in [0.2, 0.25) is 5.16 Å². The van der Waals surface area contributed by atoms with Gasteiger partial charge in [0.15, 0.2) is 0 Å². The molecular weight excluding hydrogens is 290 g/mol. The maximum atomic E-state index is 12.3. The van der Waals surface area contributed by atoms with E-state index in [4.69, 9.17) is 4.74 Å². The number of nitrogens with zero attached hydrogens (tertiary/aromatic N) is 3. The summed E-state index contributed by atoms with van der Waals surface area (Å²) in [5, 5.41) is 0.313. The summed E-state index contributed by atoms with van der Waals surface area (Å²) in [6.45, 7) is 6.16. The van der Waals surface area contributed by atoms with Crippen molar-refractivity contribution in [1.29, 1.82) is 0 Å². The Morgan fingerprint density at radius 1 is 1.43 bits per heavy atom. The Hall–Kier alpha value is -1.50. The third-order valence-corrected chi connectivity index (χ3v) is 4.40. The van der Waals surface area contributed by atoms with Crippen LogP contribution in [0, 0.1) is 0 Å². The van der Waals surface area contributed by atoms with E-state index in [0.717, 1.165) is 12.8 Å². The third-order valence-electron chi connectivity index (χ3n) is 3.09. The molecule has 6 nitrogen and oxygen atoms in total. The van der Waals surface area contributed by atoms with Gasteiger partial charge >= 0.3 is 6.09 Å². The number of carbonyl (C=O) groups is 1. The molecule has 0 spiro atoms. The molecule has 0 N–H and O–H groups in total. The van der Waals surface area contributed by atoms with Crippen molar-refractivity contribution in [2.45, 2.75) is 50.4 Å². The predicted molar refractivity (Wildman–Crippen MR) is 79.3 cm³/mol. The molecule has 0 unspecified atom stereocenters. The molecule has 1 amide bonds. The molecule has 1 aromatic heterocycles. The van der Waals surface area contributed by atoms with E-state index in [9.17, 15) is 9.00 Å². The minimum atomic E-state index is -1.31. The molecule has 0 aromatic carbocycles. The Kier molecular flexibility index (Phi) is 4.92. The van der Waals surface area contributed by atoms with Crippen molar-refractivity contribution < 1.29 is 13.7 Å². The van der Waals surface area contributed by atoms with Crippen molar-refractivity contribution in [2.75, 3.05) is 12.3 Å². The monoisotopic (exact) mass is 311 g/mol.